The Balaban J connectivity index is 1.52. The fourth-order valence-electron chi connectivity index (χ4n) is 4.18. The predicted octanol–water partition coefficient (Wildman–Crippen LogP) is 3.98. The molecule has 1 saturated carbocycles. The fraction of sp³-hybridized carbons (Fsp3) is 0.458. The van der Waals surface area contributed by atoms with Gasteiger partial charge in [-0.15, -0.1) is 0 Å². The van der Waals surface area contributed by atoms with E-state index in [1.807, 2.05) is 30.3 Å². The Kier molecular flexibility index (Phi) is 6.74. The third kappa shape index (κ3) is 5.14. The zero-order valence-corrected chi connectivity index (χ0v) is 17.3. The number of aryl methyl sites for hydroxylation is 1. The van der Waals surface area contributed by atoms with Gasteiger partial charge >= 0.3 is 0 Å². The smallest absolute Gasteiger partial charge is 0.258 e. The average Bonchev–Trinajstić information content (AvgIpc) is 2.70. The quantitative estimate of drug-likeness (QED) is 0.790. The van der Waals surface area contributed by atoms with Crippen LogP contribution in [0.4, 0.5) is 0 Å². The van der Waals surface area contributed by atoms with Crippen LogP contribution < -0.4 is 10.1 Å². The van der Waals surface area contributed by atoms with Crippen molar-refractivity contribution in [2.24, 2.45) is 0 Å². The number of nitrogens with zero attached hydrogens (tertiary/aromatic N) is 1. The summed E-state index contributed by atoms with van der Waals surface area (Å²) < 4.78 is 5.56. The molecule has 0 bridgehead atoms. The molecular formula is C24H32N2O2. The van der Waals surface area contributed by atoms with Crippen LogP contribution in [0.15, 0.2) is 54.6 Å². The predicted molar refractivity (Wildman–Crippen MR) is 114 cm³/mol. The highest BCUT2D eigenvalue weighted by Crippen LogP contribution is 2.36. The zero-order chi connectivity index (χ0) is 20.0. The van der Waals surface area contributed by atoms with Crippen LogP contribution in [0.25, 0.3) is 0 Å². The number of ether oxygens (including phenoxy) is 1. The van der Waals surface area contributed by atoms with E-state index in [9.17, 15) is 4.79 Å². The molecule has 0 spiro atoms. The zero-order valence-electron chi connectivity index (χ0n) is 17.3. The maximum absolute atomic E-state index is 12.3. The summed E-state index contributed by atoms with van der Waals surface area (Å²) in [7, 11) is 4.37. The van der Waals surface area contributed by atoms with Gasteiger partial charge in [-0.2, -0.15) is 0 Å². The molecule has 0 atom stereocenters. The average molecular weight is 381 g/mol. The summed E-state index contributed by atoms with van der Waals surface area (Å²) in [6.45, 7) is 2.26. The molecule has 1 aliphatic carbocycles. The Morgan fingerprint density at radius 1 is 1.07 bits per heavy atom. The first-order valence-corrected chi connectivity index (χ1v) is 10.2. The maximum atomic E-state index is 12.3. The molecule has 2 aromatic carbocycles. The Bertz CT molecular complexity index is 765. The number of para-hydroxylation sites is 1. The van der Waals surface area contributed by atoms with Crippen LogP contribution in [0, 0.1) is 6.92 Å². The van der Waals surface area contributed by atoms with Gasteiger partial charge in [0.15, 0.2) is 6.61 Å². The Morgan fingerprint density at radius 2 is 1.71 bits per heavy atom. The van der Waals surface area contributed by atoms with Crippen molar-refractivity contribution in [3.8, 4) is 5.75 Å². The van der Waals surface area contributed by atoms with Gasteiger partial charge in [-0.1, -0.05) is 42.5 Å². The van der Waals surface area contributed by atoms with Gasteiger partial charge in [0.2, 0.25) is 0 Å². The number of nitrogens with one attached hydrogen (secondary N) is 1. The number of carbonyl (C=O) groups is 1. The second kappa shape index (κ2) is 9.24. The van der Waals surface area contributed by atoms with Gasteiger partial charge in [0.1, 0.15) is 5.75 Å². The highest BCUT2D eigenvalue weighted by atomic mass is 16.5. The minimum Gasteiger partial charge on any atom is -0.484 e. The lowest BCUT2D eigenvalue weighted by Crippen LogP contribution is -2.52. The second-order valence-corrected chi connectivity index (χ2v) is 8.17. The summed E-state index contributed by atoms with van der Waals surface area (Å²) in [5.41, 5.74) is 2.95. The summed E-state index contributed by atoms with van der Waals surface area (Å²) in [4.78, 5) is 14.7. The minimum atomic E-state index is -0.0369. The standard InChI is InChI=1S/C24H32N2O2/c1-19-9-7-8-10-20(19)17-24(26(2)3)15-13-21(14-16-24)25-23(27)18-28-22-11-5-4-6-12-22/h4-12,21H,13-18H2,1-3H3,(H,25,27). The van der Waals surface area contributed by atoms with Gasteiger partial charge in [-0.3, -0.25) is 4.79 Å². The number of carbonyl (C=O) groups excluding carboxylic acids is 1. The Labute approximate surface area is 168 Å². The van der Waals surface area contributed by atoms with E-state index in [1.54, 1.807) is 0 Å². The summed E-state index contributed by atoms with van der Waals surface area (Å²) in [5.74, 6) is 0.691. The van der Waals surface area contributed by atoms with E-state index in [4.69, 9.17) is 4.74 Å². The molecule has 1 aliphatic rings. The van der Waals surface area contributed by atoms with Gasteiger partial charge in [0.25, 0.3) is 5.91 Å². The van der Waals surface area contributed by atoms with Crippen molar-refractivity contribution in [3.05, 3.63) is 65.7 Å². The first-order valence-electron chi connectivity index (χ1n) is 10.2. The van der Waals surface area contributed by atoms with Crippen LogP contribution in [-0.4, -0.2) is 43.1 Å². The molecule has 28 heavy (non-hydrogen) atoms. The van der Waals surface area contributed by atoms with Crippen LogP contribution in [0.3, 0.4) is 0 Å². The minimum absolute atomic E-state index is 0.0369. The normalized spacial score (nSPS) is 22.1. The number of hydrogen-bond acceptors (Lipinski definition) is 3. The van der Waals surface area contributed by atoms with Crippen LogP contribution >= 0.6 is 0 Å². The molecule has 4 nitrogen and oxygen atoms in total. The Hall–Kier alpha value is -2.33. The topological polar surface area (TPSA) is 41.6 Å². The van der Waals surface area contributed by atoms with E-state index in [0.717, 1.165) is 37.9 Å². The van der Waals surface area contributed by atoms with Crippen molar-refractivity contribution in [1.29, 1.82) is 0 Å². The van der Waals surface area contributed by atoms with E-state index >= 15 is 0 Å². The third-order valence-corrected chi connectivity index (χ3v) is 6.12. The molecule has 0 saturated heterocycles. The summed E-state index contributed by atoms with van der Waals surface area (Å²) >= 11 is 0. The number of likely N-dealkylation sites (N-methyl/N-ethyl adjacent to an activating group) is 1. The van der Waals surface area contributed by atoms with Gasteiger partial charge in [-0.25, -0.2) is 0 Å². The number of hydrogen-bond donors (Lipinski definition) is 1. The van der Waals surface area contributed by atoms with Crippen molar-refractivity contribution in [1.82, 2.24) is 10.2 Å². The largest absolute Gasteiger partial charge is 0.484 e. The van der Waals surface area contributed by atoms with Crippen molar-refractivity contribution in [2.75, 3.05) is 20.7 Å². The van der Waals surface area contributed by atoms with Gasteiger partial charge < -0.3 is 15.0 Å². The number of amides is 1. The molecule has 4 heteroatoms. The summed E-state index contributed by atoms with van der Waals surface area (Å²) in [6.07, 6.45) is 5.23. The van der Waals surface area contributed by atoms with Crippen LogP contribution in [0.2, 0.25) is 0 Å². The molecule has 1 amide bonds. The van der Waals surface area contributed by atoms with Gasteiger partial charge in [-0.05, 0) is 76.4 Å². The first kappa shape index (κ1) is 20.4. The van der Waals surface area contributed by atoms with Crippen LogP contribution in [-0.2, 0) is 11.2 Å². The monoisotopic (exact) mass is 380 g/mol. The Morgan fingerprint density at radius 3 is 2.36 bits per heavy atom. The van der Waals surface area contributed by atoms with Crippen molar-refractivity contribution < 1.29 is 9.53 Å². The molecule has 1 N–H and O–H groups in total. The molecular weight excluding hydrogens is 348 g/mol. The van der Waals surface area contributed by atoms with E-state index < -0.39 is 0 Å². The highest BCUT2D eigenvalue weighted by molar-refractivity contribution is 5.77. The van der Waals surface area contributed by atoms with E-state index in [0.29, 0.717) is 0 Å². The second-order valence-electron chi connectivity index (χ2n) is 8.17. The highest BCUT2D eigenvalue weighted by Gasteiger charge is 2.37. The molecule has 0 aliphatic heterocycles. The SMILES string of the molecule is Cc1ccccc1CC1(N(C)C)CCC(NC(=O)COc2ccccc2)CC1. The summed E-state index contributed by atoms with van der Waals surface area (Å²) in [6, 6.07) is 18.4. The van der Waals surface area contributed by atoms with E-state index in [1.165, 1.54) is 11.1 Å². The van der Waals surface area contributed by atoms with Crippen molar-refractivity contribution in [2.45, 2.75) is 50.6 Å². The van der Waals surface area contributed by atoms with Gasteiger partial charge in [0, 0.05) is 11.6 Å². The molecule has 0 unspecified atom stereocenters. The molecule has 3 rings (SSSR count). The summed E-state index contributed by atoms with van der Waals surface area (Å²) in [5, 5.41) is 3.16. The number of rotatable bonds is 7. The lowest BCUT2D eigenvalue weighted by atomic mass is 9.74. The molecule has 2 aromatic rings. The molecule has 0 heterocycles. The van der Waals surface area contributed by atoms with Gasteiger partial charge in [0.05, 0.1) is 0 Å². The first-order chi connectivity index (χ1) is 13.5. The van der Waals surface area contributed by atoms with Crippen LogP contribution in [0.1, 0.15) is 36.8 Å². The molecule has 0 aromatic heterocycles. The lowest BCUT2D eigenvalue weighted by molar-refractivity contribution is -0.124. The van der Waals surface area contributed by atoms with Crippen LogP contribution in [0.5, 0.6) is 5.75 Å². The van der Waals surface area contributed by atoms with E-state index in [-0.39, 0.29) is 24.1 Å². The fourth-order valence-corrected chi connectivity index (χ4v) is 4.18. The number of benzene rings is 2. The lowest BCUT2D eigenvalue weighted by Gasteiger charge is -2.45. The van der Waals surface area contributed by atoms with E-state index in [2.05, 4.69) is 55.5 Å². The molecule has 0 radical (unpaired) electrons. The molecule has 150 valence electrons. The van der Waals surface area contributed by atoms with Crippen molar-refractivity contribution >= 4 is 5.91 Å². The maximum Gasteiger partial charge on any atom is 0.258 e. The molecule has 1 fully saturated rings. The third-order valence-electron chi connectivity index (χ3n) is 6.12. The van der Waals surface area contributed by atoms with Crippen molar-refractivity contribution in [3.63, 3.8) is 0 Å².